The molecule has 15 nitrogen and oxygen atoms in total. The fourth-order valence-corrected chi connectivity index (χ4v) is 10.3. The number of sulfonamides is 1. The Balaban J connectivity index is 1.30. The summed E-state index contributed by atoms with van der Waals surface area (Å²) < 4.78 is 85.0. The number of carboxylic acid groups (broad SMARTS) is 1. The fourth-order valence-electron chi connectivity index (χ4n) is 8.97. The molecule has 19 heteroatoms. The number of pyridine rings is 1. The Labute approximate surface area is 347 Å². The summed E-state index contributed by atoms with van der Waals surface area (Å²) in [7, 11) is -2.09. The molecule has 7 atom stereocenters. The first-order valence-electron chi connectivity index (χ1n) is 20.6. The van der Waals surface area contributed by atoms with Gasteiger partial charge in [0.05, 0.1) is 24.0 Å². The van der Waals surface area contributed by atoms with Crippen LogP contribution in [0.4, 0.5) is 23.7 Å². The third-order valence-electron chi connectivity index (χ3n) is 12.9. The Morgan fingerprint density at radius 3 is 2.53 bits per heavy atom. The van der Waals surface area contributed by atoms with Crippen LogP contribution in [0, 0.1) is 17.8 Å². The highest BCUT2D eigenvalue weighted by Crippen LogP contribution is 2.47. The van der Waals surface area contributed by atoms with Gasteiger partial charge in [0.1, 0.15) is 35.9 Å². The number of likely N-dealkylation sites (N-methyl/N-ethyl adjacent to an activating group) is 1. The lowest BCUT2D eigenvalue weighted by molar-refractivity contribution is -0.222. The molecule has 0 unspecified atom stereocenters. The largest absolute Gasteiger partial charge is 0.489 e. The Kier molecular flexibility index (Phi) is 11.5. The molecule has 1 aromatic heterocycles. The van der Waals surface area contributed by atoms with Gasteiger partial charge >= 0.3 is 12.3 Å². The molecule has 2 aliphatic carbocycles. The highest BCUT2D eigenvalue weighted by Gasteiger charge is 2.63. The molecule has 4 heterocycles. The van der Waals surface area contributed by atoms with Crippen LogP contribution in [-0.4, -0.2) is 120 Å². The number of hydrogen-bond acceptors (Lipinski definition) is 10. The van der Waals surface area contributed by atoms with Gasteiger partial charge < -0.3 is 29.7 Å². The average molecular weight is 863 g/mol. The fraction of sp³-hybridized carbons (Fsp3) is 0.634. The van der Waals surface area contributed by atoms with Gasteiger partial charge in [-0.3, -0.25) is 24.0 Å². The first-order chi connectivity index (χ1) is 28.2. The smallest absolute Gasteiger partial charge is 0.411 e. The minimum absolute atomic E-state index is 0.0615. The molecular weight excluding hydrogens is 810 g/mol. The molecule has 1 saturated heterocycles. The van der Waals surface area contributed by atoms with E-state index in [1.54, 1.807) is 25.1 Å². The van der Waals surface area contributed by atoms with Gasteiger partial charge in [-0.25, -0.2) is 18.2 Å². The van der Waals surface area contributed by atoms with Crippen molar-refractivity contribution in [3.05, 3.63) is 36.5 Å². The standard InChI is InChI=1S/C41H53F3N6O9S/c1-6-24-19-23(2)9-7-8-10-25-21-40(25,37(53)47-60(56,57)27-11-12-27)46-34(51)31-20-26(22-49(31)36(52)32(24)50(38(54)55)39(3,4)41(42,43)44)59-35-29-13-14-30-33(28(29)15-16-45-35)58-18-17-48(30)5/h8,10,13-16,23-27,31-32H,6-7,9,11-12,17-22H2,1-5H3,(H,46,51)(H,47,53)(H,54,55)/b10-8-/t23-,24-,25-,26-,31+,32+,40-/m1/s1. The lowest BCUT2D eigenvalue weighted by atomic mass is 9.82. The van der Waals surface area contributed by atoms with E-state index in [2.05, 4.69) is 15.0 Å². The predicted octanol–water partition coefficient (Wildman–Crippen LogP) is 4.99. The predicted molar refractivity (Wildman–Crippen MR) is 214 cm³/mol. The second-order valence-corrected chi connectivity index (χ2v) is 19.5. The Hall–Kier alpha value is -4.81. The highest BCUT2D eigenvalue weighted by molar-refractivity contribution is 7.91. The highest BCUT2D eigenvalue weighted by atomic mass is 32.2. The van der Waals surface area contributed by atoms with Gasteiger partial charge in [-0.15, -0.1) is 0 Å². The summed E-state index contributed by atoms with van der Waals surface area (Å²) in [6.07, 6.45) is -0.992. The number of ether oxygens (including phenoxy) is 2. The molecule has 60 heavy (non-hydrogen) atoms. The average Bonchev–Trinajstić information content (AvgIpc) is 4.10. The van der Waals surface area contributed by atoms with Crippen LogP contribution in [0.1, 0.15) is 79.1 Å². The number of alkyl halides is 3. The normalized spacial score (nSPS) is 29.5. The van der Waals surface area contributed by atoms with Gasteiger partial charge in [-0.2, -0.15) is 13.2 Å². The van der Waals surface area contributed by atoms with Gasteiger partial charge in [0.25, 0.3) is 5.91 Å². The number of benzene rings is 1. The molecular formula is C41H53F3N6O9S. The summed E-state index contributed by atoms with van der Waals surface area (Å²) >= 11 is 0. The van der Waals surface area contributed by atoms with Crippen molar-refractivity contribution in [2.75, 3.05) is 31.6 Å². The molecule has 0 radical (unpaired) electrons. The van der Waals surface area contributed by atoms with Crippen LogP contribution in [0.3, 0.4) is 0 Å². The van der Waals surface area contributed by atoms with Crippen molar-refractivity contribution in [2.24, 2.45) is 17.8 Å². The van der Waals surface area contributed by atoms with Crippen LogP contribution < -0.4 is 24.4 Å². The number of amides is 4. The van der Waals surface area contributed by atoms with Crippen LogP contribution >= 0.6 is 0 Å². The summed E-state index contributed by atoms with van der Waals surface area (Å²) in [5, 5.41) is 13.9. The van der Waals surface area contributed by atoms with Gasteiger partial charge in [0.2, 0.25) is 27.7 Å². The van der Waals surface area contributed by atoms with Crippen LogP contribution in [-0.2, 0) is 24.4 Å². The topological polar surface area (TPSA) is 188 Å². The van der Waals surface area contributed by atoms with Crippen molar-refractivity contribution in [3.63, 3.8) is 0 Å². The number of allylic oxidation sites excluding steroid dienone is 1. The monoisotopic (exact) mass is 862 g/mol. The molecule has 1 aromatic carbocycles. The molecule has 2 saturated carbocycles. The zero-order chi connectivity index (χ0) is 43.5. The van der Waals surface area contributed by atoms with Crippen molar-refractivity contribution in [3.8, 4) is 11.6 Å². The van der Waals surface area contributed by atoms with E-state index in [0.717, 1.165) is 10.6 Å². The molecule has 5 aliphatic rings. The van der Waals surface area contributed by atoms with E-state index in [9.17, 15) is 41.1 Å². The summed E-state index contributed by atoms with van der Waals surface area (Å²) in [5.41, 5.74) is -3.88. The van der Waals surface area contributed by atoms with Crippen LogP contribution in [0.25, 0.3) is 10.8 Å². The van der Waals surface area contributed by atoms with E-state index >= 15 is 4.79 Å². The Bertz CT molecular complexity index is 2180. The number of anilines is 1. The van der Waals surface area contributed by atoms with Crippen LogP contribution in [0.2, 0.25) is 0 Å². The number of nitrogens with zero attached hydrogens (tertiary/aromatic N) is 4. The molecule has 3 aliphatic heterocycles. The van der Waals surface area contributed by atoms with Crippen LogP contribution in [0.5, 0.6) is 11.6 Å². The number of aromatic nitrogens is 1. The molecule has 4 amide bonds. The molecule has 7 rings (SSSR count). The number of halogens is 3. The number of rotatable bonds is 8. The van der Waals surface area contributed by atoms with Crippen molar-refractivity contribution < 1.29 is 55.3 Å². The number of carbonyl (C=O) groups is 4. The van der Waals surface area contributed by atoms with E-state index < -0.39 is 86.4 Å². The summed E-state index contributed by atoms with van der Waals surface area (Å²) in [4.78, 5) is 64.5. The van der Waals surface area contributed by atoms with E-state index in [-0.39, 0.29) is 48.9 Å². The van der Waals surface area contributed by atoms with Gasteiger partial charge in [0.15, 0.2) is 5.75 Å². The molecule has 0 spiro atoms. The van der Waals surface area contributed by atoms with Gasteiger partial charge in [0, 0.05) is 36.4 Å². The minimum Gasteiger partial charge on any atom is -0.489 e. The maximum Gasteiger partial charge on any atom is 0.411 e. The van der Waals surface area contributed by atoms with Crippen LogP contribution in [0.15, 0.2) is 36.5 Å². The van der Waals surface area contributed by atoms with E-state index in [1.807, 2.05) is 31.0 Å². The number of nitrogens with one attached hydrogen (secondary N) is 2. The van der Waals surface area contributed by atoms with Gasteiger partial charge in [-0.05, 0) is 82.4 Å². The molecule has 0 bridgehead atoms. The third kappa shape index (κ3) is 8.05. The SMILES string of the molecule is CC[C@@H]1C[C@H](C)CC/C=C\[C@@H]2C[C@@]2(C(=O)NS(=O)(=O)C2CC2)NC(=O)[C@@H]2C[C@@H](Oc3nccc4c5c(ccc34)N(C)CCO5)CN2C(=O)[C@H]1N(C(=O)O)C(C)(C)C(F)(F)F. The molecule has 3 fully saturated rings. The molecule has 3 N–H and O–H groups in total. The lowest BCUT2D eigenvalue weighted by Gasteiger charge is -2.46. The number of hydrogen-bond donors (Lipinski definition) is 3. The summed E-state index contributed by atoms with van der Waals surface area (Å²) in [6, 6.07) is 2.08. The number of fused-ring (bicyclic) bond motifs is 5. The lowest BCUT2D eigenvalue weighted by Crippen LogP contribution is -2.66. The maximum atomic E-state index is 15.2. The summed E-state index contributed by atoms with van der Waals surface area (Å²) in [5.74, 6) is -3.73. The zero-order valence-electron chi connectivity index (χ0n) is 34.3. The second kappa shape index (κ2) is 15.9. The van der Waals surface area contributed by atoms with Crippen molar-refractivity contribution >= 4 is 50.3 Å². The quantitative estimate of drug-likeness (QED) is 0.304. The minimum atomic E-state index is -5.09. The Morgan fingerprint density at radius 2 is 1.87 bits per heavy atom. The van der Waals surface area contributed by atoms with Crippen molar-refractivity contribution in [1.29, 1.82) is 0 Å². The van der Waals surface area contributed by atoms with E-state index in [1.165, 1.54) is 6.20 Å². The van der Waals surface area contributed by atoms with Crippen molar-refractivity contribution in [1.82, 2.24) is 24.8 Å². The van der Waals surface area contributed by atoms with E-state index in [0.29, 0.717) is 69.2 Å². The second-order valence-electron chi connectivity index (χ2n) is 17.5. The maximum absolute atomic E-state index is 15.2. The third-order valence-corrected chi connectivity index (χ3v) is 14.7. The Morgan fingerprint density at radius 1 is 1.13 bits per heavy atom. The van der Waals surface area contributed by atoms with Gasteiger partial charge in [-0.1, -0.05) is 32.4 Å². The molecule has 328 valence electrons. The molecule has 2 aromatic rings. The van der Waals surface area contributed by atoms with Crippen molar-refractivity contribution in [2.45, 2.75) is 120 Å². The zero-order valence-corrected chi connectivity index (χ0v) is 35.1. The summed E-state index contributed by atoms with van der Waals surface area (Å²) in [6.45, 7) is 5.75. The first-order valence-corrected chi connectivity index (χ1v) is 22.1. The number of carbonyl (C=O) groups excluding carboxylic acids is 3. The van der Waals surface area contributed by atoms with E-state index in [4.69, 9.17) is 9.47 Å². The first kappa shape index (κ1) is 43.3.